The van der Waals surface area contributed by atoms with E-state index in [0.717, 1.165) is 25.9 Å². The smallest absolute Gasteiger partial charge is 0.147 e. The first-order valence-corrected chi connectivity index (χ1v) is 4.40. The minimum absolute atomic E-state index is 0.0163. The van der Waals surface area contributed by atoms with E-state index >= 15 is 0 Å². The van der Waals surface area contributed by atoms with Gasteiger partial charge in [0.1, 0.15) is 5.78 Å². The molecular formula is C9H16NO2. The number of carbonyl (C=O) groups is 1. The summed E-state index contributed by atoms with van der Waals surface area (Å²) in [7, 11) is 0. The fourth-order valence-corrected chi connectivity index (χ4v) is 1.58. The zero-order valence-electron chi connectivity index (χ0n) is 7.33. The van der Waals surface area contributed by atoms with E-state index in [-0.39, 0.29) is 12.4 Å². The molecule has 0 amide bonds. The molecule has 3 heteroatoms. The summed E-state index contributed by atoms with van der Waals surface area (Å²) in [5, 5.41) is 8.86. The highest BCUT2D eigenvalue weighted by Gasteiger charge is 2.18. The third kappa shape index (κ3) is 2.91. The Hall–Kier alpha value is -0.410. The number of aliphatic hydroxyl groups excluding tert-OH is 1. The van der Waals surface area contributed by atoms with Crippen LogP contribution < -0.4 is 0 Å². The summed E-state index contributed by atoms with van der Waals surface area (Å²) in [6.07, 6.45) is 2.01. The lowest BCUT2D eigenvalue weighted by Gasteiger charge is -2.29. The molecule has 3 nitrogen and oxygen atoms in total. The number of likely N-dealkylation sites (tertiary alicyclic amines) is 1. The summed E-state index contributed by atoms with van der Waals surface area (Å²) < 4.78 is 0. The second-order valence-corrected chi connectivity index (χ2v) is 3.44. The first-order valence-electron chi connectivity index (χ1n) is 4.40. The SMILES string of the molecule is [CH2]C(=O)CN1CCC(CO)CC1. The molecule has 0 bridgehead atoms. The highest BCUT2D eigenvalue weighted by atomic mass is 16.3. The molecule has 1 heterocycles. The second kappa shape index (κ2) is 4.58. The van der Waals surface area contributed by atoms with Gasteiger partial charge in [0.05, 0.1) is 6.54 Å². The molecule has 0 aromatic heterocycles. The van der Waals surface area contributed by atoms with E-state index in [1.807, 2.05) is 0 Å². The van der Waals surface area contributed by atoms with Crippen LogP contribution in [0.2, 0.25) is 0 Å². The molecule has 0 spiro atoms. The van der Waals surface area contributed by atoms with Crippen molar-refractivity contribution in [3.8, 4) is 0 Å². The number of ketones is 1. The number of aliphatic hydroxyl groups is 1. The quantitative estimate of drug-likeness (QED) is 0.652. The van der Waals surface area contributed by atoms with E-state index in [9.17, 15) is 4.79 Å². The Morgan fingerprint density at radius 2 is 2.08 bits per heavy atom. The lowest BCUT2D eigenvalue weighted by Crippen LogP contribution is -2.37. The van der Waals surface area contributed by atoms with Crippen molar-refractivity contribution in [2.75, 3.05) is 26.2 Å². The molecule has 0 atom stereocenters. The number of hydrogen-bond donors (Lipinski definition) is 1. The van der Waals surface area contributed by atoms with Crippen molar-refractivity contribution < 1.29 is 9.90 Å². The lowest BCUT2D eigenvalue weighted by atomic mass is 9.98. The van der Waals surface area contributed by atoms with E-state index < -0.39 is 0 Å². The number of nitrogens with zero attached hydrogens (tertiary/aromatic N) is 1. The minimum Gasteiger partial charge on any atom is -0.396 e. The number of carbonyl (C=O) groups excluding carboxylic acids is 1. The Balaban J connectivity index is 2.21. The van der Waals surface area contributed by atoms with Crippen molar-refractivity contribution in [3.63, 3.8) is 0 Å². The van der Waals surface area contributed by atoms with Gasteiger partial charge in [0, 0.05) is 13.5 Å². The molecule has 1 rings (SSSR count). The lowest BCUT2D eigenvalue weighted by molar-refractivity contribution is -0.116. The standard InChI is InChI=1S/C9H16NO2/c1-8(12)6-10-4-2-9(7-11)3-5-10/h9,11H,1-7H2. The first-order chi connectivity index (χ1) is 5.72. The van der Waals surface area contributed by atoms with Crippen LogP contribution in [0.3, 0.4) is 0 Å². The zero-order valence-corrected chi connectivity index (χ0v) is 7.33. The maximum atomic E-state index is 10.7. The van der Waals surface area contributed by atoms with E-state index in [1.54, 1.807) is 0 Å². The molecule has 1 fully saturated rings. The molecule has 0 aliphatic carbocycles. The van der Waals surface area contributed by atoms with Gasteiger partial charge in [-0.2, -0.15) is 0 Å². The third-order valence-electron chi connectivity index (χ3n) is 2.37. The van der Waals surface area contributed by atoms with Crippen LogP contribution in [0, 0.1) is 12.8 Å². The second-order valence-electron chi connectivity index (χ2n) is 3.44. The molecule has 1 aliphatic rings. The van der Waals surface area contributed by atoms with Gasteiger partial charge in [0.25, 0.3) is 0 Å². The largest absolute Gasteiger partial charge is 0.396 e. The van der Waals surface area contributed by atoms with Gasteiger partial charge in [-0.1, -0.05) is 0 Å². The Labute approximate surface area is 73.4 Å². The number of Topliss-reactive ketones (excluding diaryl/α,β-unsaturated/α-hetero) is 1. The number of hydrogen-bond acceptors (Lipinski definition) is 3. The maximum Gasteiger partial charge on any atom is 0.147 e. The van der Waals surface area contributed by atoms with Crippen molar-refractivity contribution in [1.82, 2.24) is 4.90 Å². The zero-order chi connectivity index (χ0) is 8.97. The van der Waals surface area contributed by atoms with Crippen molar-refractivity contribution in [2.24, 2.45) is 5.92 Å². The van der Waals surface area contributed by atoms with Crippen molar-refractivity contribution in [3.05, 3.63) is 6.92 Å². The predicted molar refractivity (Wildman–Crippen MR) is 46.6 cm³/mol. The Morgan fingerprint density at radius 1 is 1.50 bits per heavy atom. The Kier molecular flexibility index (Phi) is 3.69. The van der Waals surface area contributed by atoms with Gasteiger partial charge in [-0.3, -0.25) is 9.69 Å². The molecule has 1 N–H and O–H groups in total. The molecule has 0 saturated carbocycles. The summed E-state index contributed by atoms with van der Waals surface area (Å²) in [5.74, 6) is 0.429. The van der Waals surface area contributed by atoms with Gasteiger partial charge >= 0.3 is 0 Å². The van der Waals surface area contributed by atoms with Crippen molar-refractivity contribution in [2.45, 2.75) is 12.8 Å². The molecule has 1 radical (unpaired) electrons. The highest BCUT2D eigenvalue weighted by Crippen LogP contribution is 2.15. The van der Waals surface area contributed by atoms with Gasteiger partial charge in [-0.25, -0.2) is 0 Å². The molecular weight excluding hydrogens is 154 g/mol. The summed E-state index contributed by atoms with van der Waals surface area (Å²) >= 11 is 0. The molecule has 1 saturated heterocycles. The fourth-order valence-electron chi connectivity index (χ4n) is 1.58. The van der Waals surface area contributed by atoms with Crippen LogP contribution in [0.4, 0.5) is 0 Å². The average Bonchev–Trinajstić information content (AvgIpc) is 2.05. The van der Waals surface area contributed by atoms with Crippen molar-refractivity contribution >= 4 is 5.78 Å². The Bertz CT molecular complexity index is 151. The maximum absolute atomic E-state index is 10.7. The summed E-state index contributed by atoms with van der Waals surface area (Å²) in [5.41, 5.74) is 0. The van der Waals surface area contributed by atoms with Crippen LogP contribution in [-0.4, -0.2) is 42.0 Å². The molecule has 0 aromatic rings. The van der Waals surface area contributed by atoms with E-state index in [0.29, 0.717) is 12.5 Å². The summed E-state index contributed by atoms with van der Waals surface area (Å²) in [6.45, 7) is 5.94. The monoisotopic (exact) mass is 170 g/mol. The minimum atomic E-state index is -0.0163. The Morgan fingerprint density at radius 3 is 2.50 bits per heavy atom. The van der Waals surface area contributed by atoms with Crippen LogP contribution in [0.1, 0.15) is 12.8 Å². The summed E-state index contributed by atoms with van der Waals surface area (Å²) in [6, 6.07) is 0. The van der Waals surface area contributed by atoms with Gasteiger partial charge < -0.3 is 5.11 Å². The molecule has 1 aliphatic heterocycles. The number of piperidine rings is 1. The van der Waals surface area contributed by atoms with Crippen LogP contribution in [0.25, 0.3) is 0 Å². The molecule has 12 heavy (non-hydrogen) atoms. The van der Waals surface area contributed by atoms with E-state index in [4.69, 9.17) is 5.11 Å². The van der Waals surface area contributed by atoms with Crippen molar-refractivity contribution in [1.29, 1.82) is 0 Å². The van der Waals surface area contributed by atoms with Gasteiger partial charge in [0.15, 0.2) is 0 Å². The van der Waals surface area contributed by atoms with Gasteiger partial charge in [-0.15, -0.1) is 0 Å². The topological polar surface area (TPSA) is 40.5 Å². The van der Waals surface area contributed by atoms with E-state index in [2.05, 4.69) is 11.8 Å². The van der Waals surface area contributed by atoms with Crippen LogP contribution in [0.5, 0.6) is 0 Å². The number of rotatable bonds is 3. The van der Waals surface area contributed by atoms with Crippen LogP contribution in [-0.2, 0) is 4.79 Å². The molecule has 0 unspecified atom stereocenters. The molecule has 0 aromatic carbocycles. The first kappa shape index (κ1) is 9.68. The normalized spacial score (nSPS) is 21.2. The van der Waals surface area contributed by atoms with E-state index in [1.165, 1.54) is 0 Å². The molecule has 69 valence electrons. The summed E-state index contributed by atoms with van der Waals surface area (Å²) in [4.78, 5) is 12.8. The van der Waals surface area contributed by atoms with Crippen LogP contribution >= 0.6 is 0 Å². The van der Waals surface area contributed by atoms with Crippen LogP contribution in [0.15, 0.2) is 0 Å². The average molecular weight is 170 g/mol. The van der Waals surface area contributed by atoms with Gasteiger partial charge in [-0.05, 0) is 31.8 Å². The van der Waals surface area contributed by atoms with Gasteiger partial charge in [0.2, 0.25) is 0 Å². The predicted octanol–water partition coefficient (Wildman–Crippen LogP) is 0.0939. The third-order valence-corrected chi connectivity index (χ3v) is 2.37. The highest BCUT2D eigenvalue weighted by molar-refractivity contribution is 5.84. The fraction of sp³-hybridized carbons (Fsp3) is 0.778.